The molecule has 0 saturated carbocycles. The standard InChI is InChI=1S/C13H23N5O/c1-14-12-16-6-11(7-17-12)8-18(2)10-13(19)4-3-5-15-9-13/h6-7,15,19H,3-5,8-10H2,1-2H3,(H,14,16,17). The van der Waals surface area contributed by atoms with Crippen LogP contribution in [-0.2, 0) is 6.54 Å². The van der Waals surface area contributed by atoms with Gasteiger partial charge in [0.15, 0.2) is 0 Å². The van der Waals surface area contributed by atoms with E-state index in [0.29, 0.717) is 19.0 Å². The van der Waals surface area contributed by atoms with E-state index < -0.39 is 5.60 Å². The van der Waals surface area contributed by atoms with Crippen LogP contribution in [0.25, 0.3) is 0 Å². The van der Waals surface area contributed by atoms with E-state index in [0.717, 1.165) is 31.5 Å². The summed E-state index contributed by atoms with van der Waals surface area (Å²) < 4.78 is 0. The number of hydrogen-bond acceptors (Lipinski definition) is 6. The number of aliphatic hydroxyl groups is 1. The maximum atomic E-state index is 10.5. The van der Waals surface area contributed by atoms with Crippen LogP contribution in [0, 0.1) is 0 Å². The molecule has 19 heavy (non-hydrogen) atoms. The highest BCUT2D eigenvalue weighted by molar-refractivity contribution is 5.23. The number of rotatable bonds is 5. The number of nitrogens with zero attached hydrogens (tertiary/aromatic N) is 3. The van der Waals surface area contributed by atoms with Gasteiger partial charge in [0.2, 0.25) is 5.95 Å². The minimum absolute atomic E-state index is 0.612. The number of hydrogen-bond donors (Lipinski definition) is 3. The van der Waals surface area contributed by atoms with Gasteiger partial charge in [-0.2, -0.15) is 0 Å². The van der Waals surface area contributed by atoms with Gasteiger partial charge in [-0.25, -0.2) is 9.97 Å². The van der Waals surface area contributed by atoms with Crippen LogP contribution >= 0.6 is 0 Å². The van der Waals surface area contributed by atoms with Crippen LogP contribution in [0.2, 0.25) is 0 Å². The molecule has 2 heterocycles. The van der Waals surface area contributed by atoms with Crippen LogP contribution in [0.15, 0.2) is 12.4 Å². The summed E-state index contributed by atoms with van der Waals surface area (Å²) >= 11 is 0. The van der Waals surface area contributed by atoms with Crippen LogP contribution in [0.1, 0.15) is 18.4 Å². The van der Waals surface area contributed by atoms with Crippen molar-refractivity contribution in [2.45, 2.75) is 25.0 Å². The monoisotopic (exact) mass is 265 g/mol. The number of nitrogens with one attached hydrogen (secondary N) is 2. The maximum Gasteiger partial charge on any atom is 0.222 e. The third-order valence-corrected chi connectivity index (χ3v) is 3.40. The molecular formula is C13H23N5O. The molecule has 1 aromatic rings. The lowest BCUT2D eigenvalue weighted by molar-refractivity contribution is -0.0112. The second-order valence-corrected chi connectivity index (χ2v) is 5.34. The third kappa shape index (κ3) is 4.12. The molecule has 0 bridgehead atoms. The van der Waals surface area contributed by atoms with Crippen LogP contribution < -0.4 is 10.6 Å². The molecule has 1 aliphatic heterocycles. The fourth-order valence-electron chi connectivity index (χ4n) is 2.52. The van der Waals surface area contributed by atoms with Crippen molar-refractivity contribution in [3.63, 3.8) is 0 Å². The lowest BCUT2D eigenvalue weighted by Crippen LogP contribution is -2.52. The highest BCUT2D eigenvalue weighted by atomic mass is 16.3. The molecule has 0 spiro atoms. The number of anilines is 1. The van der Waals surface area contributed by atoms with Crippen molar-refractivity contribution >= 4 is 5.95 Å². The number of β-amino-alcohol motifs (C(OH)–C–C–N with tert-alkyl or cyclic N) is 1. The van der Waals surface area contributed by atoms with Crippen molar-refractivity contribution in [2.75, 3.05) is 39.0 Å². The first kappa shape index (κ1) is 14.2. The van der Waals surface area contributed by atoms with Gasteiger partial charge >= 0.3 is 0 Å². The molecule has 6 nitrogen and oxygen atoms in total. The predicted octanol–water partition coefficient (Wildman–Crippen LogP) is 0.0646. The van der Waals surface area contributed by atoms with Gasteiger partial charge in [-0.15, -0.1) is 0 Å². The molecule has 0 aliphatic carbocycles. The topological polar surface area (TPSA) is 73.3 Å². The molecule has 1 aromatic heterocycles. The third-order valence-electron chi connectivity index (χ3n) is 3.40. The van der Waals surface area contributed by atoms with Crippen molar-refractivity contribution in [2.24, 2.45) is 0 Å². The Bertz CT molecular complexity index is 389. The van der Waals surface area contributed by atoms with E-state index in [1.165, 1.54) is 0 Å². The molecule has 0 aromatic carbocycles. The Balaban J connectivity index is 1.87. The Kier molecular flexibility index (Phi) is 4.68. The molecule has 1 aliphatic rings. The van der Waals surface area contributed by atoms with Gasteiger partial charge < -0.3 is 15.7 Å². The van der Waals surface area contributed by atoms with E-state index in [-0.39, 0.29) is 0 Å². The molecule has 1 saturated heterocycles. The summed E-state index contributed by atoms with van der Waals surface area (Å²) in [6.45, 7) is 3.08. The SMILES string of the molecule is CNc1ncc(CN(C)CC2(O)CCCNC2)cn1. The Morgan fingerprint density at radius 2 is 2.21 bits per heavy atom. The minimum Gasteiger partial charge on any atom is -0.387 e. The Morgan fingerprint density at radius 3 is 2.79 bits per heavy atom. The summed E-state index contributed by atoms with van der Waals surface area (Å²) in [5, 5.41) is 16.6. The van der Waals surface area contributed by atoms with E-state index in [1.54, 1.807) is 7.05 Å². The number of aromatic nitrogens is 2. The van der Waals surface area contributed by atoms with Crippen molar-refractivity contribution in [3.8, 4) is 0 Å². The first-order valence-electron chi connectivity index (χ1n) is 6.72. The molecule has 0 amide bonds. The molecule has 6 heteroatoms. The summed E-state index contributed by atoms with van der Waals surface area (Å²) in [6.07, 6.45) is 5.53. The van der Waals surface area contributed by atoms with Crippen LogP contribution in [0.4, 0.5) is 5.95 Å². The summed E-state index contributed by atoms with van der Waals surface area (Å²) in [6, 6.07) is 0. The molecule has 1 atom stereocenters. The van der Waals surface area contributed by atoms with Gasteiger partial charge in [-0.3, -0.25) is 4.90 Å². The lowest BCUT2D eigenvalue weighted by Gasteiger charge is -2.35. The summed E-state index contributed by atoms with van der Waals surface area (Å²) in [5.41, 5.74) is 0.438. The zero-order valence-corrected chi connectivity index (χ0v) is 11.7. The van der Waals surface area contributed by atoms with Crippen molar-refractivity contribution in [3.05, 3.63) is 18.0 Å². The van der Waals surface area contributed by atoms with E-state index >= 15 is 0 Å². The van der Waals surface area contributed by atoms with Gasteiger partial charge in [-0.05, 0) is 26.4 Å². The normalized spacial score (nSPS) is 23.6. The number of piperidine rings is 1. The van der Waals surface area contributed by atoms with Gasteiger partial charge in [-0.1, -0.05) is 0 Å². The summed E-state index contributed by atoms with van der Waals surface area (Å²) in [5.74, 6) is 0.626. The highest BCUT2D eigenvalue weighted by Crippen LogP contribution is 2.17. The van der Waals surface area contributed by atoms with Crippen LogP contribution in [-0.4, -0.2) is 59.3 Å². The molecule has 3 N–H and O–H groups in total. The minimum atomic E-state index is -0.612. The van der Waals surface area contributed by atoms with Crippen molar-refractivity contribution in [1.29, 1.82) is 0 Å². The first-order valence-corrected chi connectivity index (χ1v) is 6.72. The Morgan fingerprint density at radius 1 is 1.47 bits per heavy atom. The fourth-order valence-corrected chi connectivity index (χ4v) is 2.52. The number of likely N-dealkylation sites (N-methyl/N-ethyl adjacent to an activating group) is 1. The van der Waals surface area contributed by atoms with Crippen molar-refractivity contribution < 1.29 is 5.11 Å². The molecule has 1 fully saturated rings. The average Bonchev–Trinajstić information content (AvgIpc) is 2.39. The van der Waals surface area contributed by atoms with Gasteiger partial charge in [0.1, 0.15) is 0 Å². The van der Waals surface area contributed by atoms with Crippen LogP contribution in [0.5, 0.6) is 0 Å². The summed E-state index contributed by atoms with van der Waals surface area (Å²) in [7, 11) is 3.81. The highest BCUT2D eigenvalue weighted by Gasteiger charge is 2.30. The molecular weight excluding hydrogens is 242 g/mol. The second kappa shape index (κ2) is 6.27. The molecule has 106 valence electrons. The maximum absolute atomic E-state index is 10.5. The van der Waals surface area contributed by atoms with Crippen LogP contribution in [0.3, 0.4) is 0 Å². The predicted molar refractivity (Wildman–Crippen MR) is 75.0 cm³/mol. The van der Waals surface area contributed by atoms with E-state index in [2.05, 4.69) is 25.5 Å². The molecule has 1 unspecified atom stereocenters. The van der Waals surface area contributed by atoms with Crippen molar-refractivity contribution in [1.82, 2.24) is 20.2 Å². The fraction of sp³-hybridized carbons (Fsp3) is 0.692. The Hall–Kier alpha value is -1.24. The van der Waals surface area contributed by atoms with E-state index in [4.69, 9.17) is 0 Å². The van der Waals surface area contributed by atoms with Gasteiger partial charge in [0.05, 0.1) is 5.60 Å². The lowest BCUT2D eigenvalue weighted by atomic mass is 9.93. The quantitative estimate of drug-likeness (QED) is 0.699. The molecule has 0 radical (unpaired) electrons. The van der Waals surface area contributed by atoms with E-state index in [1.807, 2.05) is 19.4 Å². The molecule has 2 rings (SSSR count). The average molecular weight is 265 g/mol. The second-order valence-electron chi connectivity index (χ2n) is 5.34. The van der Waals surface area contributed by atoms with Gasteiger partial charge in [0, 0.05) is 44.6 Å². The van der Waals surface area contributed by atoms with Gasteiger partial charge in [0.25, 0.3) is 0 Å². The van der Waals surface area contributed by atoms with E-state index in [9.17, 15) is 5.11 Å². The smallest absolute Gasteiger partial charge is 0.222 e. The Labute approximate surface area is 114 Å². The first-order chi connectivity index (χ1) is 9.11. The zero-order chi connectivity index (χ0) is 13.7. The zero-order valence-electron chi connectivity index (χ0n) is 11.7. The largest absolute Gasteiger partial charge is 0.387 e. The summed E-state index contributed by atoms with van der Waals surface area (Å²) in [4.78, 5) is 10.5.